The van der Waals surface area contributed by atoms with Crippen LogP contribution in [0.2, 0.25) is 0 Å². The highest BCUT2D eigenvalue weighted by molar-refractivity contribution is 5.76. The van der Waals surface area contributed by atoms with Gasteiger partial charge in [-0.25, -0.2) is 0 Å². The topological polar surface area (TPSA) is 62.2 Å². The van der Waals surface area contributed by atoms with Crippen molar-refractivity contribution in [2.24, 2.45) is 0 Å². The molecule has 6 heteroatoms. The maximum absolute atomic E-state index is 13.3. The van der Waals surface area contributed by atoms with Crippen LogP contribution >= 0.6 is 0 Å². The van der Waals surface area contributed by atoms with Crippen molar-refractivity contribution in [2.75, 3.05) is 39.5 Å². The standard InChI is InChI=1S/C31H44N2O4/c34-19-9-12-26-14-15-30-28(22-26)25-32(24-27-10-3-1-4-11-27)17-18-33(16-6-2-7-21-37-30)31(35)23-29-13-5-8-20-36-29/h1,3-4,10-11,14-15,22,29,34H,2,5-9,12-13,16-21,23-25H2. The fourth-order valence-corrected chi connectivity index (χ4v) is 5.31. The first-order valence-corrected chi connectivity index (χ1v) is 14.2. The van der Waals surface area contributed by atoms with E-state index in [1.165, 1.54) is 16.7 Å². The van der Waals surface area contributed by atoms with Crippen molar-refractivity contribution >= 4 is 5.91 Å². The molecule has 0 aliphatic carbocycles. The zero-order valence-electron chi connectivity index (χ0n) is 22.3. The number of aliphatic hydroxyl groups is 1. The molecule has 1 fully saturated rings. The van der Waals surface area contributed by atoms with Crippen molar-refractivity contribution in [1.29, 1.82) is 0 Å². The summed E-state index contributed by atoms with van der Waals surface area (Å²) in [5.41, 5.74) is 3.67. The number of amides is 1. The molecular formula is C31H44N2O4. The van der Waals surface area contributed by atoms with E-state index < -0.39 is 0 Å². The third-order valence-corrected chi connectivity index (χ3v) is 7.44. The molecule has 2 aliphatic heterocycles. The second kappa shape index (κ2) is 15.1. The van der Waals surface area contributed by atoms with Gasteiger partial charge in [-0.3, -0.25) is 9.69 Å². The number of carbonyl (C=O) groups is 1. The van der Waals surface area contributed by atoms with Gasteiger partial charge in [0.05, 0.1) is 19.1 Å². The molecule has 0 aromatic heterocycles. The average Bonchev–Trinajstić information content (AvgIpc) is 2.94. The minimum absolute atomic E-state index is 0.0730. The van der Waals surface area contributed by atoms with E-state index >= 15 is 0 Å². The SMILES string of the molecule is O=C(CC1CCCCO1)N1CCCCCOc2ccc(CCCO)cc2CN(Cc2ccccc2)CC1. The van der Waals surface area contributed by atoms with Crippen molar-refractivity contribution in [3.05, 3.63) is 65.2 Å². The van der Waals surface area contributed by atoms with Crippen LogP contribution in [-0.2, 0) is 29.0 Å². The van der Waals surface area contributed by atoms with Crippen molar-refractivity contribution in [1.82, 2.24) is 9.80 Å². The summed E-state index contributed by atoms with van der Waals surface area (Å²) >= 11 is 0. The Morgan fingerprint density at radius 1 is 0.919 bits per heavy atom. The van der Waals surface area contributed by atoms with Crippen LogP contribution in [0.1, 0.15) is 68.1 Å². The molecule has 37 heavy (non-hydrogen) atoms. The van der Waals surface area contributed by atoms with E-state index in [-0.39, 0.29) is 18.6 Å². The maximum Gasteiger partial charge on any atom is 0.225 e. The van der Waals surface area contributed by atoms with Crippen LogP contribution in [0, 0.1) is 0 Å². The van der Waals surface area contributed by atoms with Crippen LogP contribution in [0.3, 0.4) is 0 Å². The first-order chi connectivity index (χ1) is 18.2. The molecule has 1 unspecified atom stereocenters. The first-order valence-electron chi connectivity index (χ1n) is 14.2. The first kappa shape index (κ1) is 27.6. The smallest absolute Gasteiger partial charge is 0.225 e. The van der Waals surface area contributed by atoms with Gasteiger partial charge in [-0.05, 0) is 68.6 Å². The molecule has 2 aliphatic rings. The fourth-order valence-electron chi connectivity index (χ4n) is 5.31. The summed E-state index contributed by atoms with van der Waals surface area (Å²) in [6.45, 7) is 5.55. The Labute approximate surface area is 222 Å². The molecule has 2 aromatic carbocycles. The van der Waals surface area contributed by atoms with Gasteiger partial charge in [-0.2, -0.15) is 0 Å². The van der Waals surface area contributed by atoms with Gasteiger partial charge in [-0.15, -0.1) is 0 Å². The van der Waals surface area contributed by atoms with E-state index in [0.29, 0.717) is 13.0 Å². The molecule has 0 bridgehead atoms. The molecule has 0 radical (unpaired) electrons. The third kappa shape index (κ3) is 9.13. The molecule has 1 saturated heterocycles. The van der Waals surface area contributed by atoms with Crippen LogP contribution in [-0.4, -0.2) is 66.4 Å². The van der Waals surface area contributed by atoms with E-state index in [1.54, 1.807) is 0 Å². The second-order valence-electron chi connectivity index (χ2n) is 10.4. The van der Waals surface area contributed by atoms with Crippen LogP contribution in [0.25, 0.3) is 0 Å². The normalized spacial score (nSPS) is 20.1. The van der Waals surface area contributed by atoms with Gasteiger partial charge in [-0.1, -0.05) is 42.5 Å². The lowest BCUT2D eigenvalue weighted by molar-refractivity contribution is -0.135. The van der Waals surface area contributed by atoms with Gasteiger partial charge in [0.15, 0.2) is 0 Å². The number of benzene rings is 2. The molecule has 2 aromatic rings. The Morgan fingerprint density at radius 2 is 1.78 bits per heavy atom. The van der Waals surface area contributed by atoms with Crippen molar-refractivity contribution in [3.63, 3.8) is 0 Å². The predicted octanol–water partition coefficient (Wildman–Crippen LogP) is 4.96. The zero-order valence-corrected chi connectivity index (χ0v) is 22.3. The Hall–Kier alpha value is -2.41. The number of fused-ring (bicyclic) bond motifs is 1. The molecule has 6 nitrogen and oxygen atoms in total. The van der Waals surface area contributed by atoms with Gasteiger partial charge in [0.2, 0.25) is 5.91 Å². The van der Waals surface area contributed by atoms with Crippen LogP contribution in [0.5, 0.6) is 5.75 Å². The van der Waals surface area contributed by atoms with Gasteiger partial charge in [0.1, 0.15) is 5.75 Å². The summed E-state index contributed by atoms with van der Waals surface area (Å²) in [6.07, 6.45) is 8.45. The lowest BCUT2D eigenvalue weighted by Gasteiger charge is -2.30. The van der Waals surface area contributed by atoms with Gasteiger partial charge in [0.25, 0.3) is 0 Å². The summed E-state index contributed by atoms with van der Waals surface area (Å²) in [5.74, 6) is 1.18. The fraction of sp³-hybridized carbons (Fsp3) is 0.581. The number of aryl methyl sites for hydroxylation is 1. The number of rotatable bonds is 7. The summed E-state index contributed by atoms with van der Waals surface area (Å²) in [5, 5.41) is 9.31. The lowest BCUT2D eigenvalue weighted by Crippen LogP contribution is -2.40. The Balaban J connectivity index is 1.52. The maximum atomic E-state index is 13.3. The van der Waals surface area contributed by atoms with E-state index in [4.69, 9.17) is 9.47 Å². The van der Waals surface area contributed by atoms with Crippen molar-refractivity contribution < 1.29 is 19.4 Å². The van der Waals surface area contributed by atoms with E-state index in [9.17, 15) is 9.90 Å². The van der Waals surface area contributed by atoms with Crippen LogP contribution < -0.4 is 4.74 Å². The third-order valence-electron chi connectivity index (χ3n) is 7.44. The predicted molar refractivity (Wildman–Crippen MR) is 147 cm³/mol. The minimum Gasteiger partial charge on any atom is -0.493 e. The number of carbonyl (C=O) groups excluding carboxylic acids is 1. The molecule has 202 valence electrons. The summed E-state index contributed by atoms with van der Waals surface area (Å²) < 4.78 is 12.1. The Morgan fingerprint density at radius 3 is 2.59 bits per heavy atom. The summed E-state index contributed by atoms with van der Waals surface area (Å²) in [4.78, 5) is 17.9. The highest BCUT2D eigenvalue weighted by Gasteiger charge is 2.23. The van der Waals surface area contributed by atoms with Gasteiger partial charge in [0, 0.05) is 51.5 Å². The molecule has 2 heterocycles. The summed E-state index contributed by atoms with van der Waals surface area (Å²) in [7, 11) is 0. The zero-order chi connectivity index (χ0) is 25.7. The monoisotopic (exact) mass is 508 g/mol. The number of hydrogen-bond donors (Lipinski definition) is 1. The van der Waals surface area contributed by atoms with Crippen LogP contribution in [0.4, 0.5) is 0 Å². The number of hydrogen-bond acceptors (Lipinski definition) is 5. The molecule has 1 amide bonds. The van der Waals surface area contributed by atoms with E-state index in [0.717, 1.165) is 96.4 Å². The Bertz CT molecular complexity index is 945. The molecular weight excluding hydrogens is 464 g/mol. The second-order valence-corrected chi connectivity index (χ2v) is 10.4. The Kier molecular flexibility index (Phi) is 11.3. The van der Waals surface area contributed by atoms with Gasteiger partial charge >= 0.3 is 0 Å². The molecule has 0 saturated carbocycles. The highest BCUT2D eigenvalue weighted by atomic mass is 16.5. The van der Waals surface area contributed by atoms with Gasteiger partial charge < -0.3 is 19.5 Å². The van der Waals surface area contributed by atoms with Crippen LogP contribution in [0.15, 0.2) is 48.5 Å². The van der Waals surface area contributed by atoms with Crippen molar-refractivity contribution in [2.45, 2.75) is 77.0 Å². The number of ether oxygens (including phenoxy) is 2. The molecule has 1 N–H and O–H groups in total. The summed E-state index contributed by atoms with van der Waals surface area (Å²) in [6, 6.07) is 17.0. The molecule has 4 rings (SSSR count). The quantitative estimate of drug-likeness (QED) is 0.573. The lowest BCUT2D eigenvalue weighted by atomic mass is 10.0. The highest BCUT2D eigenvalue weighted by Crippen LogP contribution is 2.25. The molecule has 1 atom stereocenters. The largest absolute Gasteiger partial charge is 0.493 e. The number of aliphatic hydroxyl groups excluding tert-OH is 1. The average molecular weight is 509 g/mol. The van der Waals surface area contributed by atoms with Crippen molar-refractivity contribution in [3.8, 4) is 5.75 Å². The van der Waals surface area contributed by atoms with E-state index in [1.807, 2.05) is 6.07 Å². The number of nitrogens with zero attached hydrogens (tertiary/aromatic N) is 2. The van der Waals surface area contributed by atoms with E-state index in [2.05, 4.69) is 52.3 Å². The molecule has 0 spiro atoms. The minimum atomic E-state index is 0.0730.